The molecule has 0 bridgehead atoms. The molecule has 7 aromatic carbocycles. The van der Waals surface area contributed by atoms with Gasteiger partial charge in [-0.3, -0.25) is 0 Å². The van der Waals surface area contributed by atoms with Crippen molar-refractivity contribution in [2.75, 3.05) is 4.90 Å². The fourth-order valence-electron chi connectivity index (χ4n) is 6.50. The van der Waals surface area contributed by atoms with Crippen LogP contribution in [0.4, 0.5) is 17.1 Å². The first-order valence-electron chi connectivity index (χ1n) is 14.5. The summed E-state index contributed by atoms with van der Waals surface area (Å²) in [6, 6.07) is 54.3. The molecule has 2 heterocycles. The van der Waals surface area contributed by atoms with Crippen molar-refractivity contribution in [3.8, 4) is 11.1 Å². The van der Waals surface area contributed by atoms with Gasteiger partial charge in [-0.1, -0.05) is 97.1 Å². The Balaban J connectivity index is 1.32. The van der Waals surface area contributed by atoms with Crippen LogP contribution >= 0.6 is 11.3 Å². The van der Waals surface area contributed by atoms with Crippen molar-refractivity contribution < 1.29 is 4.42 Å². The highest BCUT2D eigenvalue weighted by Gasteiger charge is 2.19. The molecule has 0 amide bonds. The summed E-state index contributed by atoms with van der Waals surface area (Å²) in [5.41, 5.74) is 7.60. The lowest BCUT2D eigenvalue weighted by atomic mass is 10.0. The van der Waals surface area contributed by atoms with E-state index in [1.54, 1.807) is 0 Å². The first kappa shape index (κ1) is 24.2. The van der Waals surface area contributed by atoms with E-state index >= 15 is 0 Å². The maximum Gasteiger partial charge on any atom is 0.136 e. The number of furan rings is 1. The van der Waals surface area contributed by atoms with E-state index in [1.807, 2.05) is 23.5 Å². The maximum absolute atomic E-state index is 6.26. The van der Waals surface area contributed by atoms with Crippen molar-refractivity contribution in [3.63, 3.8) is 0 Å². The third-order valence-corrected chi connectivity index (χ3v) is 9.58. The molecular formula is C40H25NOS. The summed E-state index contributed by atoms with van der Waals surface area (Å²) in [6.07, 6.45) is 0. The molecule has 9 aromatic rings. The summed E-state index contributed by atoms with van der Waals surface area (Å²) in [7, 11) is 0. The summed E-state index contributed by atoms with van der Waals surface area (Å²) >= 11 is 1.85. The second kappa shape index (κ2) is 9.59. The van der Waals surface area contributed by atoms with E-state index in [-0.39, 0.29) is 0 Å². The minimum Gasteiger partial charge on any atom is -0.456 e. The van der Waals surface area contributed by atoms with Gasteiger partial charge in [0.2, 0.25) is 0 Å². The fourth-order valence-corrected chi connectivity index (χ4v) is 7.63. The molecule has 0 aliphatic carbocycles. The van der Waals surface area contributed by atoms with E-state index in [2.05, 4.69) is 144 Å². The molecule has 0 aliphatic rings. The summed E-state index contributed by atoms with van der Waals surface area (Å²) in [5, 5.41) is 7.28. The van der Waals surface area contributed by atoms with Gasteiger partial charge in [0, 0.05) is 47.7 Å². The quantitative estimate of drug-likeness (QED) is 0.210. The van der Waals surface area contributed by atoms with E-state index in [0.29, 0.717) is 0 Å². The number of rotatable bonds is 4. The minimum absolute atomic E-state index is 0.912. The molecule has 3 heteroatoms. The normalized spacial score (nSPS) is 11.7. The largest absolute Gasteiger partial charge is 0.456 e. The van der Waals surface area contributed by atoms with Gasteiger partial charge in [-0.2, -0.15) is 0 Å². The third kappa shape index (κ3) is 3.86. The molecule has 0 atom stereocenters. The molecule has 0 radical (unpaired) electrons. The van der Waals surface area contributed by atoms with Crippen LogP contribution in [0.5, 0.6) is 0 Å². The lowest BCUT2D eigenvalue weighted by molar-refractivity contribution is 0.669. The predicted molar refractivity (Wildman–Crippen MR) is 184 cm³/mol. The molecule has 0 spiro atoms. The predicted octanol–water partition coefficient (Wildman–Crippen LogP) is 12.2. The first-order chi connectivity index (χ1) is 21.3. The molecule has 0 saturated carbocycles. The van der Waals surface area contributed by atoms with Crippen LogP contribution in [0.3, 0.4) is 0 Å². The third-order valence-electron chi connectivity index (χ3n) is 8.45. The Hall–Kier alpha value is -5.38. The summed E-state index contributed by atoms with van der Waals surface area (Å²) in [6.45, 7) is 0. The topological polar surface area (TPSA) is 16.4 Å². The number of nitrogens with zero attached hydrogens (tertiary/aromatic N) is 1. The van der Waals surface area contributed by atoms with Crippen molar-refractivity contribution >= 4 is 81.3 Å². The fraction of sp³-hybridized carbons (Fsp3) is 0. The van der Waals surface area contributed by atoms with E-state index in [4.69, 9.17) is 4.42 Å². The van der Waals surface area contributed by atoms with Crippen molar-refractivity contribution in [2.24, 2.45) is 0 Å². The molecule has 0 unspecified atom stereocenters. The highest BCUT2D eigenvalue weighted by molar-refractivity contribution is 7.25. The molecule has 43 heavy (non-hydrogen) atoms. The number of fused-ring (bicyclic) bond motifs is 8. The molecule has 0 fully saturated rings. The van der Waals surface area contributed by atoms with Gasteiger partial charge in [-0.15, -0.1) is 11.3 Å². The molecule has 0 aliphatic heterocycles. The molecule has 9 rings (SSSR count). The number of hydrogen-bond acceptors (Lipinski definition) is 3. The first-order valence-corrected chi connectivity index (χ1v) is 15.3. The minimum atomic E-state index is 0.912. The number of benzene rings is 7. The highest BCUT2D eigenvalue weighted by atomic mass is 32.1. The Morgan fingerprint density at radius 2 is 1.12 bits per heavy atom. The lowest BCUT2D eigenvalue weighted by Gasteiger charge is -2.27. The Kier molecular flexibility index (Phi) is 5.40. The van der Waals surface area contributed by atoms with Gasteiger partial charge in [0.05, 0.1) is 5.69 Å². The van der Waals surface area contributed by atoms with Crippen LogP contribution < -0.4 is 4.90 Å². The van der Waals surface area contributed by atoms with E-state index in [0.717, 1.165) is 39.0 Å². The zero-order valence-electron chi connectivity index (χ0n) is 23.2. The number of thiophene rings is 1. The lowest BCUT2D eigenvalue weighted by Crippen LogP contribution is -2.10. The maximum atomic E-state index is 6.26. The van der Waals surface area contributed by atoms with Crippen molar-refractivity contribution in [2.45, 2.75) is 0 Å². The average Bonchev–Trinajstić information content (AvgIpc) is 3.64. The number of hydrogen-bond donors (Lipinski definition) is 0. The molecule has 0 saturated heterocycles. The van der Waals surface area contributed by atoms with Gasteiger partial charge in [0.1, 0.15) is 11.2 Å². The summed E-state index contributed by atoms with van der Waals surface area (Å²) in [4.78, 5) is 2.41. The van der Waals surface area contributed by atoms with E-state index in [1.165, 1.54) is 42.1 Å². The van der Waals surface area contributed by atoms with Gasteiger partial charge in [0.15, 0.2) is 0 Å². The van der Waals surface area contributed by atoms with Gasteiger partial charge in [0.25, 0.3) is 0 Å². The molecule has 2 aromatic heterocycles. The zero-order chi connectivity index (χ0) is 28.3. The van der Waals surface area contributed by atoms with Crippen LogP contribution in [0.15, 0.2) is 156 Å². The van der Waals surface area contributed by atoms with Crippen LogP contribution in [0.2, 0.25) is 0 Å². The van der Waals surface area contributed by atoms with Crippen LogP contribution in [0.25, 0.3) is 64.0 Å². The number of para-hydroxylation sites is 1. The van der Waals surface area contributed by atoms with Crippen LogP contribution in [-0.4, -0.2) is 0 Å². The SMILES string of the molecule is c1ccc(-c2cccc(N(c3ccc4c(c3)sc3ccccc34)c3cccc4c3ccc3oc5ccccc5c34)c2)cc1. The molecule has 202 valence electrons. The Bertz CT molecular complexity index is 2470. The van der Waals surface area contributed by atoms with E-state index in [9.17, 15) is 0 Å². The van der Waals surface area contributed by atoms with Crippen molar-refractivity contribution in [1.82, 2.24) is 0 Å². The van der Waals surface area contributed by atoms with Crippen molar-refractivity contribution in [1.29, 1.82) is 0 Å². The second-order valence-electron chi connectivity index (χ2n) is 10.9. The Morgan fingerprint density at radius 3 is 2.05 bits per heavy atom. The molecule has 0 N–H and O–H groups in total. The van der Waals surface area contributed by atoms with E-state index < -0.39 is 0 Å². The molecular weight excluding hydrogens is 543 g/mol. The van der Waals surface area contributed by atoms with Gasteiger partial charge in [-0.05, 0) is 71.1 Å². The monoisotopic (exact) mass is 567 g/mol. The average molecular weight is 568 g/mol. The van der Waals surface area contributed by atoms with Crippen molar-refractivity contribution in [3.05, 3.63) is 152 Å². The standard InChI is InChI=1S/C40H25NOS/c1-2-10-26(11-3-1)27-12-8-13-28(24-27)41(29-20-21-32-31-14-5-7-19-38(31)43-39(32)25-29)35-17-9-16-33-30(35)22-23-37-40(33)34-15-4-6-18-36(34)42-37/h1-25H. The summed E-state index contributed by atoms with van der Waals surface area (Å²) < 4.78 is 8.86. The Labute approximate surface area is 252 Å². The Morgan fingerprint density at radius 1 is 0.419 bits per heavy atom. The van der Waals surface area contributed by atoms with Gasteiger partial charge < -0.3 is 9.32 Å². The highest BCUT2D eigenvalue weighted by Crippen LogP contribution is 2.45. The smallest absolute Gasteiger partial charge is 0.136 e. The molecule has 2 nitrogen and oxygen atoms in total. The van der Waals surface area contributed by atoms with Gasteiger partial charge in [-0.25, -0.2) is 0 Å². The van der Waals surface area contributed by atoms with Crippen LogP contribution in [-0.2, 0) is 0 Å². The van der Waals surface area contributed by atoms with Crippen LogP contribution in [0, 0.1) is 0 Å². The van der Waals surface area contributed by atoms with Crippen LogP contribution in [0.1, 0.15) is 0 Å². The zero-order valence-corrected chi connectivity index (χ0v) is 24.0. The summed E-state index contributed by atoms with van der Waals surface area (Å²) in [5.74, 6) is 0. The van der Waals surface area contributed by atoms with Gasteiger partial charge >= 0.3 is 0 Å². The number of anilines is 3. The second-order valence-corrected chi connectivity index (χ2v) is 12.0.